The summed E-state index contributed by atoms with van der Waals surface area (Å²) in [5.74, 6) is 0.0241. The Bertz CT molecular complexity index is 1190. The first-order chi connectivity index (χ1) is 20.4. The van der Waals surface area contributed by atoms with Crippen molar-refractivity contribution in [3.05, 3.63) is 59.2 Å². The number of aryl methyl sites for hydroxylation is 1. The van der Waals surface area contributed by atoms with Crippen molar-refractivity contribution in [2.75, 3.05) is 18.6 Å². The van der Waals surface area contributed by atoms with Gasteiger partial charge in [-0.3, -0.25) is 9.69 Å². The number of nitrogens with one attached hydrogen (secondary N) is 1. The van der Waals surface area contributed by atoms with Gasteiger partial charge in [-0.15, -0.1) is 0 Å². The highest BCUT2D eigenvalue weighted by Crippen LogP contribution is 2.32. The van der Waals surface area contributed by atoms with Gasteiger partial charge in [0.15, 0.2) is 0 Å². The molecule has 2 aromatic rings. The number of carboxylic acids is 1. The highest BCUT2D eigenvalue weighted by Gasteiger charge is 2.29. The van der Waals surface area contributed by atoms with Crippen molar-refractivity contribution in [1.82, 2.24) is 10.2 Å². The summed E-state index contributed by atoms with van der Waals surface area (Å²) < 4.78 is 6.40. The van der Waals surface area contributed by atoms with Gasteiger partial charge in [-0.2, -0.15) is 11.8 Å². The maximum Gasteiger partial charge on any atom is 0.326 e. The quantitative estimate of drug-likeness (QED) is 0.213. The molecular weight excluding hydrogens is 556 g/mol. The van der Waals surface area contributed by atoms with Crippen molar-refractivity contribution in [2.45, 2.75) is 117 Å². The molecule has 1 amide bonds. The molecule has 1 fully saturated rings. The van der Waals surface area contributed by atoms with E-state index in [1.165, 1.54) is 32.1 Å². The lowest BCUT2D eigenvalue weighted by Crippen LogP contribution is -2.45. The second-order valence-electron chi connectivity index (χ2n) is 13.4. The number of aliphatic carboxylic acids is 1. The standard InChI is InChI=1S/C36H54N2O4S/c1-25(2)38(29(24-42-36(4,5)6)21-27-14-9-8-10-15-27)23-28-17-18-31(32(22-28)30-16-12-11-13-26(30)3)34(39)37-33(35(40)41)19-20-43-7/h11-13,16-18,22,25,27,29,33H,8-10,14-15,19-21,23-24H2,1-7H3,(H,37,39)(H,40,41). The predicted molar refractivity (Wildman–Crippen MR) is 180 cm³/mol. The first kappa shape index (κ1) is 35.1. The molecule has 43 heavy (non-hydrogen) atoms. The van der Waals surface area contributed by atoms with Gasteiger partial charge in [-0.05, 0) is 107 Å². The van der Waals surface area contributed by atoms with E-state index in [4.69, 9.17) is 4.74 Å². The maximum absolute atomic E-state index is 13.6. The average Bonchev–Trinajstić information content (AvgIpc) is 2.96. The first-order valence-corrected chi connectivity index (χ1v) is 17.4. The Labute approximate surface area is 264 Å². The minimum absolute atomic E-state index is 0.204. The van der Waals surface area contributed by atoms with E-state index in [9.17, 15) is 14.7 Å². The SMILES string of the molecule is CSCCC(NC(=O)c1ccc(CN(C(C)C)C(COC(C)(C)C)CC2CCCCC2)cc1-c1ccccc1C)C(=O)O. The Balaban J connectivity index is 1.96. The Morgan fingerprint density at radius 1 is 1.07 bits per heavy atom. The van der Waals surface area contributed by atoms with E-state index in [1.807, 2.05) is 49.6 Å². The summed E-state index contributed by atoms with van der Waals surface area (Å²) >= 11 is 1.57. The van der Waals surface area contributed by atoms with Crippen molar-refractivity contribution in [1.29, 1.82) is 0 Å². The highest BCUT2D eigenvalue weighted by atomic mass is 32.2. The van der Waals surface area contributed by atoms with Gasteiger partial charge in [0.2, 0.25) is 0 Å². The molecule has 0 aliphatic heterocycles. The largest absolute Gasteiger partial charge is 0.480 e. The number of rotatable bonds is 15. The van der Waals surface area contributed by atoms with Crippen LogP contribution < -0.4 is 5.32 Å². The van der Waals surface area contributed by atoms with Gasteiger partial charge in [0.1, 0.15) is 6.04 Å². The first-order valence-electron chi connectivity index (χ1n) is 16.0. The molecule has 0 bridgehead atoms. The van der Waals surface area contributed by atoms with E-state index in [-0.39, 0.29) is 11.5 Å². The molecule has 2 aromatic carbocycles. The van der Waals surface area contributed by atoms with Crippen LogP contribution in [0.3, 0.4) is 0 Å². The van der Waals surface area contributed by atoms with Gasteiger partial charge in [0, 0.05) is 24.2 Å². The van der Waals surface area contributed by atoms with Gasteiger partial charge < -0.3 is 15.2 Å². The molecule has 1 aliphatic rings. The average molecular weight is 611 g/mol. The molecule has 0 heterocycles. The number of carboxylic acid groups (broad SMARTS) is 1. The molecule has 3 rings (SSSR count). The third-order valence-electron chi connectivity index (χ3n) is 8.51. The third kappa shape index (κ3) is 10.9. The van der Waals surface area contributed by atoms with Crippen LogP contribution in [0.25, 0.3) is 11.1 Å². The number of carbonyl (C=O) groups is 2. The second-order valence-corrected chi connectivity index (χ2v) is 14.4. The summed E-state index contributed by atoms with van der Waals surface area (Å²) in [5, 5.41) is 12.5. The summed E-state index contributed by atoms with van der Waals surface area (Å²) in [4.78, 5) is 28.0. The van der Waals surface area contributed by atoms with E-state index in [0.29, 0.717) is 36.4 Å². The van der Waals surface area contributed by atoms with Crippen molar-refractivity contribution in [3.63, 3.8) is 0 Å². The van der Waals surface area contributed by atoms with Gasteiger partial charge in [-0.25, -0.2) is 4.79 Å². The van der Waals surface area contributed by atoms with Crippen molar-refractivity contribution < 1.29 is 19.4 Å². The van der Waals surface area contributed by atoms with Gasteiger partial charge >= 0.3 is 5.97 Å². The lowest BCUT2D eigenvalue weighted by Gasteiger charge is -2.39. The van der Waals surface area contributed by atoms with E-state index in [0.717, 1.165) is 41.1 Å². The molecule has 0 spiro atoms. The number of carbonyl (C=O) groups excluding carboxylic acids is 1. The maximum atomic E-state index is 13.6. The molecule has 7 heteroatoms. The lowest BCUT2D eigenvalue weighted by atomic mass is 9.84. The summed E-state index contributed by atoms with van der Waals surface area (Å²) in [5.41, 5.74) is 4.31. The minimum atomic E-state index is -1.01. The summed E-state index contributed by atoms with van der Waals surface area (Å²) in [6.07, 6.45) is 10.0. The number of thioether (sulfide) groups is 1. The molecule has 1 saturated carbocycles. The molecule has 2 unspecified atom stereocenters. The van der Waals surface area contributed by atoms with Crippen LogP contribution in [0, 0.1) is 12.8 Å². The predicted octanol–water partition coefficient (Wildman–Crippen LogP) is 7.96. The number of hydrogen-bond donors (Lipinski definition) is 2. The number of ether oxygens (including phenoxy) is 1. The molecular formula is C36H54N2O4S. The number of hydrogen-bond acceptors (Lipinski definition) is 5. The topological polar surface area (TPSA) is 78.9 Å². The van der Waals surface area contributed by atoms with Crippen LogP contribution in [0.15, 0.2) is 42.5 Å². The molecule has 238 valence electrons. The summed E-state index contributed by atoms with van der Waals surface area (Å²) in [6, 6.07) is 13.8. The van der Waals surface area contributed by atoms with Gasteiger partial charge in [-0.1, -0.05) is 62.4 Å². The summed E-state index contributed by atoms with van der Waals surface area (Å²) in [7, 11) is 0. The van der Waals surface area contributed by atoms with Crippen LogP contribution in [0.5, 0.6) is 0 Å². The van der Waals surface area contributed by atoms with Crippen LogP contribution in [-0.2, 0) is 16.1 Å². The molecule has 1 aliphatic carbocycles. The Kier molecular flexibility index (Phi) is 13.6. The van der Waals surface area contributed by atoms with Crippen LogP contribution in [0.1, 0.15) is 101 Å². The molecule has 6 nitrogen and oxygen atoms in total. The lowest BCUT2D eigenvalue weighted by molar-refractivity contribution is -0.139. The van der Waals surface area contributed by atoms with E-state index in [1.54, 1.807) is 11.8 Å². The summed E-state index contributed by atoms with van der Waals surface area (Å²) in [6.45, 7) is 14.4. The second kappa shape index (κ2) is 16.6. The number of nitrogens with zero attached hydrogens (tertiary/aromatic N) is 1. The van der Waals surface area contributed by atoms with E-state index >= 15 is 0 Å². The smallest absolute Gasteiger partial charge is 0.326 e. The van der Waals surface area contributed by atoms with Crippen molar-refractivity contribution in [3.8, 4) is 11.1 Å². The molecule has 2 N–H and O–H groups in total. The van der Waals surface area contributed by atoms with Crippen molar-refractivity contribution >= 4 is 23.6 Å². The fourth-order valence-electron chi connectivity index (χ4n) is 6.11. The fourth-order valence-corrected chi connectivity index (χ4v) is 6.58. The minimum Gasteiger partial charge on any atom is -0.480 e. The third-order valence-corrected chi connectivity index (χ3v) is 9.16. The molecule has 2 atom stereocenters. The zero-order chi connectivity index (χ0) is 31.6. The highest BCUT2D eigenvalue weighted by molar-refractivity contribution is 7.98. The van der Waals surface area contributed by atoms with E-state index in [2.05, 4.69) is 50.9 Å². The van der Waals surface area contributed by atoms with Crippen LogP contribution >= 0.6 is 11.8 Å². The van der Waals surface area contributed by atoms with E-state index < -0.39 is 12.0 Å². The van der Waals surface area contributed by atoms with Gasteiger partial charge in [0.05, 0.1) is 12.2 Å². The van der Waals surface area contributed by atoms with Crippen LogP contribution in [-0.4, -0.2) is 64.2 Å². The van der Waals surface area contributed by atoms with Crippen LogP contribution in [0.2, 0.25) is 0 Å². The number of amides is 1. The molecule has 0 aromatic heterocycles. The molecule has 0 saturated heterocycles. The zero-order valence-electron chi connectivity index (χ0n) is 27.4. The zero-order valence-corrected chi connectivity index (χ0v) is 28.3. The Hall–Kier alpha value is -2.35. The normalized spacial score (nSPS) is 15.9. The Morgan fingerprint density at radius 3 is 2.37 bits per heavy atom. The molecule has 0 radical (unpaired) electrons. The fraction of sp³-hybridized carbons (Fsp3) is 0.611. The van der Waals surface area contributed by atoms with Crippen LogP contribution in [0.4, 0.5) is 0 Å². The monoisotopic (exact) mass is 610 g/mol. The number of benzene rings is 2. The Morgan fingerprint density at radius 2 is 1.77 bits per heavy atom. The van der Waals surface area contributed by atoms with Crippen molar-refractivity contribution in [2.24, 2.45) is 5.92 Å². The van der Waals surface area contributed by atoms with Gasteiger partial charge in [0.25, 0.3) is 5.91 Å².